The Hall–Kier alpha value is -2.23. The molecular weight excluding hydrogens is 190 g/mol. The van der Waals surface area contributed by atoms with Crippen molar-refractivity contribution in [1.82, 2.24) is 4.98 Å². The van der Waals surface area contributed by atoms with Crippen LogP contribution in [0.3, 0.4) is 0 Å². The summed E-state index contributed by atoms with van der Waals surface area (Å²) in [5.41, 5.74) is 6.71. The van der Waals surface area contributed by atoms with Gasteiger partial charge in [0, 0.05) is 17.4 Å². The molecule has 1 aromatic carbocycles. The molecule has 0 aliphatic carbocycles. The zero-order chi connectivity index (χ0) is 10.7. The van der Waals surface area contributed by atoms with Gasteiger partial charge in [-0.25, -0.2) is 0 Å². The van der Waals surface area contributed by atoms with Crippen molar-refractivity contribution in [2.75, 3.05) is 11.1 Å². The first-order chi connectivity index (χ1) is 7.25. The highest BCUT2D eigenvalue weighted by molar-refractivity contribution is 6.04. The molecule has 0 atom stereocenters. The number of carbonyl (C=O) groups excluding carboxylic acids is 1. The Morgan fingerprint density at radius 1 is 1.27 bits per heavy atom. The summed E-state index contributed by atoms with van der Waals surface area (Å²) >= 11 is 0. The summed E-state index contributed by atoms with van der Waals surface area (Å²) in [5, 5.41) is 2.72. The number of benzene rings is 1. The van der Waals surface area contributed by atoms with Crippen molar-refractivity contribution >= 4 is 17.4 Å². The molecule has 1 amide bonds. The highest BCUT2D eigenvalue weighted by Gasteiger charge is 2.05. The first-order valence-corrected chi connectivity index (χ1v) is 4.56. The van der Waals surface area contributed by atoms with Crippen LogP contribution in [-0.2, 0) is 0 Å². The lowest BCUT2D eigenvalue weighted by molar-refractivity contribution is 0.102. The van der Waals surface area contributed by atoms with Gasteiger partial charge in [-0.3, -0.25) is 4.79 Å². The van der Waals surface area contributed by atoms with E-state index >= 15 is 0 Å². The maximum Gasteiger partial charge on any atom is 0.256 e. The molecule has 0 bridgehead atoms. The molecule has 4 nitrogen and oxygen atoms in total. The van der Waals surface area contributed by atoms with Gasteiger partial charge in [-0.1, -0.05) is 6.07 Å². The van der Waals surface area contributed by atoms with Crippen molar-refractivity contribution in [3.05, 3.63) is 48.2 Å². The molecular formula is C11H11N3O. The minimum atomic E-state index is -0.176. The van der Waals surface area contributed by atoms with Crippen LogP contribution < -0.4 is 11.1 Å². The number of nitrogens with one attached hydrogen (secondary N) is 2. The fraction of sp³-hybridized carbons (Fsp3) is 0. The average molecular weight is 201 g/mol. The smallest absolute Gasteiger partial charge is 0.256 e. The number of nitrogens with two attached hydrogens (primary N) is 1. The molecule has 0 aliphatic rings. The summed E-state index contributed by atoms with van der Waals surface area (Å²) in [6.07, 6.45) is 1.75. The Morgan fingerprint density at radius 2 is 2.13 bits per heavy atom. The van der Waals surface area contributed by atoms with Crippen LogP contribution in [0.1, 0.15) is 10.4 Å². The third-order valence-electron chi connectivity index (χ3n) is 1.99. The fourth-order valence-electron chi connectivity index (χ4n) is 1.28. The number of amides is 1. The second-order valence-electron chi connectivity index (χ2n) is 3.16. The van der Waals surface area contributed by atoms with E-state index in [1.54, 1.807) is 36.5 Å². The van der Waals surface area contributed by atoms with Crippen LogP contribution in [0.2, 0.25) is 0 Å². The number of hydrogen-bond donors (Lipinski definition) is 3. The molecule has 4 N–H and O–H groups in total. The lowest BCUT2D eigenvalue weighted by atomic mass is 10.2. The highest BCUT2D eigenvalue weighted by Crippen LogP contribution is 2.09. The van der Waals surface area contributed by atoms with Gasteiger partial charge < -0.3 is 16.0 Å². The molecule has 76 valence electrons. The lowest BCUT2D eigenvalue weighted by Gasteiger charge is -2.03. The third kappa shape index (κ3) is 2.17. The molecule has 0 fully saturated rings. The molecule has 0 radical (unpaired) electrons. The van der Waals surface area contributed by atoms with Gasteiger partial charge in [-0.15, -0.1) is 0 Å². The van der Waals surface area contributed by atoms with E-state index < -0.39 is 0 Å². The molecule has 0 spiro atoms. The number of carbonyl (C=O) groups is 1. The van der Waals surface area contributed by atoms with Gasteiger partial charge >= 0.3 is 0 Å². The molecule has 0 saturated carbocycles. The number of aromatic nitrogens is 1. The van der Waals surface area contributed by atoms with E-state index in [-0.39, 0.29) is 5.91 Å². The second kappa shape index (κ2) is 3.88. The summed E-state index contributed by atoms with van der Waals surface area (Å²) in [6.45, 7) is 0. The fourth-order valence-corrected chi connectivity index (χ4v) is 1.28. The molecule has 1 aromatic heterocycles. The van der Waals surface area contributed by atoms with Crippen LogP contribution in [0.15, 0.2) is 42.6 Å². The number of aromatic amines is 1. The van der Waals surface area contributed by atoms with Crippen LogP contribution >= 0.6 is 0 Å². The Balaban J connectivity index is 2.15. The minimum Gasteiger partial charge on any atom is -0.399 e. The van der Waals surface area contributed by atoms with Crippen molar-refractivity contribution in [2.24, 2.45) is 0 Å². The van der Waals surface area contributed by atoms with Crippen molar-refractivity contribution < 1.29 is 4.79 Å². The topological polar surface area (TPSA) is 70.9 Å². The predicted octanol–water partition coefficient (Wildman–Crippen LogP) is 1.85. The number of H-pyrrole nitrogens is 1. The van der Waals surface area contributed by atoms with Gasteiger partial charge in [0.1, 0.15) is 5.82 Å². The van der Waals surface area contributed by atoms with E-state index in [0.29, 0.717) is 17.1 Å². The van der Waals surface area contributed by atoms with Gasteiger partial charge in [-0.05, 0) is 30.3 Å². The molecule has 2 aromatic rings. The average Bonchev–Trinajstić information content (AvgIpc) is 2.70. The molecule has 0 aliphatic heterocycles. The van der Waals surface area contributed by atoms with Crippen molar-refractivity contribution in [2.45, 2.75) is 0 Å². The summed E-state index contributed by atoms with van der Waals surface area (Å²) < 4.78 is 0. The Morgan fingerprint density at radius 3 is 2.80 bits per heavy atom. The van der Waals surface area contributed by atoms with Crippen molar-refractivity contribution in [1.29, 1.82) is 0 Å². The largest absolute Gasteiger partial charge is 0.399 e. The number of nitrogen functional groups attached to an aromatic ring is 1. The van der Waals surface area contributed by atoms with Crippen LogP contribution in [0.5, 0.6) is 0 Å². The maximum atomic E-state index is 11.7. The quantitative estimate of drug-likeness (QED) is 0.649. The van der Waals surface area contributed by atoms with Gasteiger partial charge in [0.25, 0.3) is 5.91 Å². The van der Waals surface area contributed by atoms with Crippen molar-refractivity contribution in [3.63, 3.8) is 0 Å². The van der Waals surface area contributed by atoms with Crippen LogP contribution in [0, 0.1) is 0 Å². The molecule has 2 rings (SSSR count). The zero-order valence-electron chi connectivity index (χ0n) is 8.03. The number of hydrogen-bond acceptors (Lipinski definition) is 2. The monoisotopic (exact) mass is 201 g/mol. The first-order valence-electron chi connectivity index (χ1n) is 4.56. The van der Waals surface area contributed by atoms with E-state index in [4.69, 9.17) is 5.73 Å². The van der Waals surface area contributed by atoms with Gasteiger partial charge in [0.05, 0.1) is 0 Å². The Labute approximate surface area is 87.1 Å². The van der Waals surface area contributed by atoms with Crippen LogP contribution in [0.4, 0.5) is 11.5 Å². The normalized spacial score (nSPS) is 9.87. The van der Waals surface area contributed by atoms with Crippen LogP contribution in [0.25, 0.3) is 0 Å². The molecule has 4 heteroatoms. The SMILES string of the molecule is Nc1cccc(C(=O)Nc2ccc[nH]2)c1. The highest BCUT2D eigenvalue weighted by atomic mass is 16.1. The number of rotatable bonds is 2. The zero-order valence-corrected chi connectivity index (χ0v) is 8.03. The summed E-state index contributed by atoms with van der Waals surface area (Å²) in [4.78, 5) is 14.6. The Kier molecular flexibility index (Phi) is 2.41. The van der Waals surface area contributed by atoms with E-state index in [0.717, 1.165) is 0 Å². The summed E-state index contributed by atoms with van der Waals surface area (Å²) in [5.74, 6) is 0.493. The molecule has 0 saturated heterocycles. The van der Waals surface area contributed by atoms with Gasteiger partial charge in [0.2, 0.25) is 0 Å². The maximum absolute atomic E-state index is 11.7. The van der Waals surface area contributed by atoms with Gasteiger partial charge in [0.15, 0.2) is 0 Å². The van der Waals surface area contributed by atoms with Gasteiger partial charge in [-0.2, -0.15) is 0 Å². The van der Waals surface area contributed by atoms with E-state index in [1.807, 2.05) is 6.07 Å². The van der Waals surface area contributed by atoms with E-state index in [1.165, 1.54) is 0 Å². The lowest BCUT2D eigenvalue weighted by Crippen LogP contribution is -2.12. The summed E-state index contributed by atoms with van der Waals surface area (Å²) in [6, 6.07) is 10.4. The van der Waals surface area contributed by atoms with E-state index in [2.05, 4.69) is 10.3 Å². The van der Waals surface area contributed by atoms with Crippen LogP contribution in [-0.4, -0.2) is 10.9 Å². The molecule has 0 unspecified atom stereocenters. The predicted molar refractivity (Wildman–Crippen MR) is 59.6 cm³/mol. The molecule has 15 heavy (non-hydrogen) atoms. The molecule has 1 heterocycles. The van der Waals surface area contributed by atoms with Crippen molar-refractivity contribution in [3.8, 4) is 0 Å². The third-order valence-corrected chi connectivity index (χ3v) is 1.99. The second-order valence-corrected chi connectivity index (χ2v) is 3.16. The Bertz CT molecular complexity index is 462. The minimum absolute atomic E-state index is 0.176. The standard InChI is InChI=1S/C11H11N3O/c12-9-4-1-3-8(7-9)11(15)14-10-5-2-6-13-10/h1-7,13H,12H2,(H,14,15). The summed E-state index contributed by atoms with van der Waals surface area (Å²) in [7, 11) is 0. The first kappa shape index (κ1) is 9.33. The van der Waals surface area contributed by atoms with E-state index in [9.17, 15) is 4.79 Å². The number of anilines is 2.